The Morgan fingerprint density at radius 2 is 1.67 bits per heavy atom. The third-order valence-electron chi connectivity index (χ3n) is 4.28. The number of anilines is 1. The number of fused-ring (bicyclic) bond motifs is 2. The van der Waals surface area contributed by atoms with Crippen molar-refractivity contribution in [3.05, 3.63) is 96.0 Å². The predicted molar refractivity (Wildman–Crippen MR) is 97.6 cm³/mol. The number of carbonyl (C=O) groups excluding carboxylic acids is 1. The molecule has 1 aliphatic carbocycles. The van der Waals surface area contributed by atoms with Crippen molar-refractivity contribution in [2.24, 2.45) is 0 Å². The zero-order chi connectivity index (χ0) is 16.5. The lowest BCUT2D eigenvalue weighted by molar-refractivity contribution is 0.104. The highest BCUT2D eigenvalue weighted by atomic mass is 16.1. The van der Waals surface area contributed by atoms with E-state index in [9.17, 15) is 4.79 Å². The Morgan fingerprint density at radius 3 is 2.54 bits per heavy atom. The third kappa shape index (κ3) is 2.40. The summed E-state index contributed by atoms with van der Waals surface area (Å²) in [5.74, 6) is -0.0417. The maximum absolute atomic E-state index is 11.9. The first-order chi connectivity index (χ1) is 11.7. The van der Waals surface area contributed by atoms with Gasteiger partial charge in [0.15, 0.2) is 0 Å². The maximum Gasteiger partial charge on any atom is 0.204 e. The molecule has 0 fully saturated rings. The fourth-order valence-corrected chi connectivity index (χ4v) is 3.03. The van der Waals surface area contributed by atoms with Gasteiger partial charge < -0.3 is 4.90 Å². The van der Waals surface area contributed by atoms with Gasteiger partial charge in [0.1, 0.15) is 5.69 Å². The SMILES string of the molecule is CN1C=CC(=CC=C2C=CC(=O)c3ncccc32)c2ccccc21. The topological polar surface area (TPSA) is 33.2 Å². The van der Waals surface area contributed by atoms with Crippen molar-refractivity contribution >= 4 is 22.6 Å². The number of para-hydroxylation sites is 1. The summed E-state index contributed by atoms with van der Waals surface area (Å²) in [5.41, 5.74) is 5.92. The van der Waals surface area contributed by atoms with Crippen molar-refractivity contribution in [1.29, 1.82) is 0 Å². The number of hydrogen-bond acceptors (Lipinski definition) is 3. The first-order valence-corrected chi connectivity index (χ1v) is 7.84. The number of allylic oxidation sites excluding steroid dienone is 7. The van der Waals surface area contributed by atoms with Crippen molar-refractivity contribution in [2.45, 2.75) is 0 Å². The number of carbonyl (C=O) groups is 1. The van der Waals surface area contributed by atoms with Crippen LogP contribution in [0.5, 0.6) is 0 Å². The van der Waals surface area contributed by atoms with Gasteiger partial charge in [-0.05, 0) is 35.4 Å². The second kappa shape index (κ2) is 5.78. The molecule has 3 nitrogen and oxygen atoms in total. The lowest BCUT2D eigenvalue weighted by atomic mass is 9.94. The molecule has 116 valence electrons. The fraction of sp³-hybridized carbons (Fsp3) is 0.0476. The fourth-order valence-electron chi connectivity index (χ4n) is 3.03. The number of ketones is 1. The average Bonchev–Trinajstić information content (AvgIpc) is 2.63. The highest BCUT2D eigenvalue weighted by Gasteiger charge is 2.17. The van der Waals surface area contributed by atoms with E-state index in [1.54, 1.807) is 12.3 Å². The zero-order valence-corrected chi connectivity index (χ0v) is 13.3. The first-order valence-electron chi connectivity index (χ1n) is 7.84. The molecule has 0 unspecified atom stereocenters. The van der Waals surface area contributed by atoms with E-state index < -0.39 is 0 Å². The Morgan fingerprint density at radius 1 is 0.917 bits per heavy atom. The molecule has 2 aliphatic rings. The van der Waals surface area contributed by atoms with Gasteiger partial charge in [-0.15, -0.1) is 0 Å². The van der Waals surface area contributed by atoms with Crippen LogP contribution in [0.3, 0.4) is 0 Å². The Bertz CT molecular complexity index is 948. The molecular weight excluding hydrogens is 296 g/mol. The van der Waals surface area contributed by atoms with Crippen LogP contribution in [0.4, 0.5) is 5.69 Å². The van der Waals surface area contributed by atoms with E-state index in [2.05, 4.69) is 40.4 Å². The number of rotatable bonds is 1. The van der Waals surface area contributed by atoms with Gasteiger partial charge >= 0.3 is 0 Å². The van der Waals surface area contributed by atoms with Crippen LogP contribution < -0.4 is 4.90 Å². The van der Waals surface area contributed by atoms with E-state index in [-0.39, 0.29) is 5.78 Å². The number of nitrogens with zero attached hydrogens (tertiary/aromatic N) is 2. The van der Waals surface area contributed by atoms with Crippen LogP contribution in [0.1, 0.15) is 21.6 Å². The van der Waals surface area contributed by atoms with Crippen LogP contribution in [0.15, 0.2) is 79.2 Å². The van der Waals surface area contributed by atoms with Gasteiger partial charge in [-0.3, -0.25) is 9.78 Å². The minimum Gasteiger partial charge on any atom is -0.351 e. The largest absolute Gasteiger partial charge is 0.351 e. The number of hydrogen-bond donors (Lipinski definition) is 0. The summed E-state index contributed by atoms with van der Waals surface area (Å²) < 4.78 is 0. The van der Waals surface area contributed by atoms with Crippen LogP contribution in [0.2, 0.25) is 0 Å². The molecule has 0 amide bonds. The van der Waals surface area contributed by atoms with E-state index >= 15 is 0 Å². The molecule has 24 heavy (non-hydrogen) atoms. The molecular formula is C21H16N2O. The summed E-state index contributed by atoms with van der Waals surface area (Å²) in [6, 6.07) is 12.1. The zero-order valence-electron chi connectivity index (χ0n) is 13.3. The van der Waals surface area contributed by atoms with E-state index in [4.69, 9.17) is 0 Å². The average molecular weight is 312 g/mol. The molecule has 1 aromatic heterocycles. The Labute approximate surface area is 141 Å². The van der Waals surface area contributed by atoms with Gasteiger partial charge in [-0.25, -0.2) is 0 Å². The van der Waals surface area contributed by atoms with Crippen molar-refractivity contribution < 1.29 is 4.79 Å². The molecule has 0 bridgehead atoms. The van der Waals surface area contributed by atoms with Crippen LogP contribution in [0, 0.1) is 0 Å². The highest BCUT2D eigenvalue weighted by Crippen LogP contribution is 2.32. The lowest BCUT2D eigenvalue weighted by Gasteiger charge is -2.23. The van der Waals surface area contributed by atoms with Crippen LogP contribution >= 0.6 is 0 Å². The quantitative estimate of drug-likeness (QED) is 0.788. The summed E-state index contributed by atoms with van der Waals surface area (Å²) in [4.78, 5) is 18.2. The highest BCUT2D eigenvalue weighted by molar-refractivity contribution is 6.11. The molecule has 0 saturated carbocycles. The van der Waals surface area contributed by atoms with Crippen LogP contribution in [-0.2, 0) is 0 Å². The van der Waals surface area contributed by atoms with Crippen LogP contribution in [0.25, 0.3) is 11.1 Å². The van der Waals surface area contributed by atoms with Crippen molar-refractivity contribution in [1.82, 2.24) is 4.98 Å². The van der Waals surface area contributed by atoms with Gasteiger partial charge in [0.05, 0.1) is 0 Å². The van der Waals surface area contributed by atoms with Gasteiger partial charge in [0, 0.05) is 36.3 Å². The predicted octanol–water partition coefficient (Wildman–Crippen LogP) is 4.26. The Hall–Kier alpha value is -3.20. The normalized spacial score (nSPS) is 18.9. The van der Waals surface area contributed by atoms with E-state index in [0.29, 0.717) is 5.69 Å². The minimum absolute atomic E-state index is 0.0417. The summed E-state index contributed by atoms with van der Waals surface area (Å²) >= 11 is 0. The van der Waals surface area contributed by atoms with Crippen molar-refractivity contribution in [2.75, 3.05) is 11.9 Å². The minimum atomic E-state index is -0.0417. The molecule has 3 heteroatoms. The molecule has 1 aliphatic heterocycles. The molecule has 2 aromatic rings. The lowest BCUT2D eigenvalue weighted by Crippen LogP contribution is -2.13. The summed E-state index contributed by atoms with van der Waals surface area (Å²) in [7, 11) is 2.04. The maximum atomic E-state index is 11.9. The van der Waals surface area contributed by atoms with E-state index in [0.717, 1.165) is 16.7 Å². The standard InChI is InChI=1S/C21H16N2O/c1-23-14-12-16(17-5-2-3-7-19(17)23)9-8-15-10-11-20(24)21-18(15)6-4-13-22-21/h2-14H,1H3. The van der Waals surface area contributed by atoms with Crippen molar-refractivity contribution in [3.8, 4) is 0 Å². The third-order valence-corrected chi connectivity index (χ3v) is 4.28. The molecule has 2 heterocycles. The number of pyridine rings is 1. The Kier molecular flexibility index (Phi) is 3.47. The molecule has 4 rings (SSSR count). The molecule has 0 spiro atoms. The van der Waals surface area contributed by atoms with Gasteiger partial charge in [-0.2, -0.15) is 0 Å². The smallest absolute Gasteiger partial charge is 0.204 e. The van der Waals surface area contributed by atoms with Gasteiger partial charge in [0.25, 0.3) is 0 Å². The van der Waals surface area contributed by atoms with Gasteiger partial charge in [-0.1, -0.05) is 42.5 Å². The van der Waals surface area contributed by atoms with Gasteiger partial charge in [0.2, 0.25) is 5.78 Å². The molecule has 0 atom stereocenters. The monoisotopic (exact) mass is 312 g/mol. The first kappa shape index (κ1) is 14.4. The summed E-state index contributed by atoms with van der Waals surface area (Å²) in [5, 5.41) is 0. The second-order valence-electron chi connectivity index (χ2n) is 5.78. The number of benzene rings is 1. The molecule has 1 aromatic carbocycles. The van der Waals surface area contributed by atoms with E-state index in [1.165, 1.54) is 11.3 Å². The summed E-state index contributed by atoms with van der Waals surface area (Å²) in [6.45, 7) is 0. The molecule has 0 radical (unpaired) electrons. The summed E-state index contributed by atoms with van der Waals surface area (Å²) in [6.07, 6.45) is 13.4. The Balaban J connectivity index is 1.78. The molecule has 0 N–H and O–H groups in total. The van der Waals surface area contributed by atoms with E-state index in [1.807, 2.05) is 43.5 Å². The van der Waals surface area contributed by atoms with Crippen LogP contribution in [-0.4, -0.2) is 17.8 Å². The second-order valence-corrected chi connectivity index (χ2v) is 5.78. The molecule has 0 saturated heterocycles. The van der Waals surface area contributed by atoms with Crippen molar-refractivity contribution in [3.63, 3.8) is 0 Å². The number of aromatic nitrogens is 1.